The fourth-order valence-electron chi connectivity index (χ4n) is 2.19. The van der Waals surface area contributed by atoms with Crippen LogP contribution >= 0.6 is 11.8 Å². The van der Waals surface area contributed by atoms with Crippen LogP contribution in [0.3, 0.4) is 0 Å². The number of hydrogen-bond acceptors (Lipinski definition) is 2. The van der Waals surface area contributed by atoms with E-state index in [0.717, 1.165) is 19.4 Å². The van der Waals surface area contributed by atoms with E-state index in [1.54, 1.807) is 0 Å². The predicted molar refractivity (Wildman–Crippen MR) is 73.1 cm³/mol. The van der Waals surface area contributed by atoms with Crippen molar-refractivity contribution in [3.63, 3.8) is 0 Å². The number of thioether (sulfide) groups is 1. The SMILES string of the molecule is CC[C@H](S[C@@H]1CCN(C)C1=O)c1ccccc1. The summed E-state index contributed by atoms with van der Waals surface area (Å²) in [5.74, 6) is 0.296. The van der Waals surface area contributed by atoms with Crippen molar-refractivity contribution in [2.75, 3.05) is 13.6 Å². The first kappa shape index (κ1) is 12.5. The molecule has 0 aliphatic carbocycles. The third kappa shape index (κ3) is 2.83. The molecule has 17 heavy (non-hydrogen) atoms. The van der Waals surface area contributed by atoms with Crippen molar-refractivity contribution in [2.45, 2.75) is 30.3 Å². The van der Waals surface area contributed by atoms with Crippen LogP contribution in [-0.4, -0.2) is 29.6 Å². The Labute approximate surface area is 107 Å². The Morgan fingerprint density at radius 1 is 1.41 bits per heavy atom. The number of carbonyl (C=O) groups is 1. The molecule has 0 aromatic heterocycles. The summed E-state index contributed by atoms with van der Waals surface area (Å²) in [5.41, 5.74) is 1.34. The molecule has 1 aromatic carbocycles. The van der Waals surface area contributed by atoms with Gasteiger partial charge >= 0.3 is 0 Å². The van der Waals surface area contributed by atoms with Crippen molar-refractivity contribution < 1.29 is 4.79 Å². The third-order valence-electron chi connectivity index (χ3n) is 3.25. The fraction of sp³-hybridized carbons (Fsp3) is 0.500. The van der Waals surface area contributed by atoms with Crippen molar-refractivity contribution in [3.8, 4) is 0 Å². The van der Waals surface area contributed by atoms with Crippen LogP contribution in [0, 0.1) is 0 Å². The molecule has 0 N–H and O–H groups in total. The van der Waals surface area contributed by atoms with E-state index in [0.29, 0.717) is 11.2 Å². The summed E-state index contributed by atoms with van der Waals surface area (Å²) in [4.78, 5) is 13.7. The lowest BCUT2D eigenvalue weighted by molar-refractivity contribution is -0.126. The average molecular weight is 249 g/mol. The summed E-state index contributed by atoms with van der Waals surface area (Å²) in [6, 6.07) is 10.5. The first-order chi connectivity index (χ1) is 8.22. The Morgan fingerprint density at radius 3 is 2.65 bits per heavy atom. The Hall–Kier alpha value is -0.960. The average Bonchev–Trinajstić information content (AvgIpc) is 2.68. The zero-order valence-electron chi connectivity index (χ0n) is 10.4. The number of benzene rings is 1. The van der Waals surface area contributed by atoms with Gasteiger partial charge in [0, 0.05) is 18.8 Å². The maximum absolute atomic E-state index is 11.9. The van der Waals surface area contributed by atoms with Crippen LogP contribution in [0.4, 0.5) is 0 Å². The van der Waals surface area contributed by atoms with E-state index >= 15 is 0 Å². The summed E-state index contributed by atoms with van der Waals surface area (Å²) >= 11 is 1.83. The molecule has 1 fully saturated rings. The summed E-state index contributed by atoms with van der Waals surface area (Å²) < 4.78 is 0. The van der Waals surface area contributed by atoms with Crippen LogP contribution in [-0.2, 0) is 4.79 Å². The van der Waals surface area contributed by atoms with Gasteiger partial charge in [0.25, 0.3) is 0 Å². The molecule has 0 radical (unpaired) electrons. The molecule has 1 aliphatic rings. The molecule has 0 unspecified atom stereocenters. The second-order valence-electron chi connectivity index (χ2n) is 4.48. The fourth-order valence-corrected chi connectivity index (χ4v) is 3.63. The lowest BCUT2D eigenvalue weighted by Gasteiger charge is -2.18. The smallest absolute Gasteiger partial charge is 0.235 e. The molecule has 2 atom stereocenters. The van der Waals surface area contributed by atoms with E-state index < -0.39 is 0 Å². The van der Waals surface area contributed by atoms with Gasteiger partial charge in [0.05, 0.1) is 5.25 Å². The third-order valence-corrected chi connectivity index (χ3v) is 4.95. The van der Waals surface area contributed by atoms with Crippen LogP contribution in [0.2, 0.25) is 0 Å². The maximum atomic E-state index is 11.9. The minimum atomic E-state index is 0.158. The largest absolute Gasteiger partial charge is 0.345 e. The second kappa shape index (κ2) is 5.58. The lowest BCUT2D eigenvalue weighted by atomic mass is 10.1. The van der Waals surface area contributed by atoms with Crippen molar-refractivity contribution in [1.29, 1.82) is 0 Å². The molecule has 0 bridgehead atoms. The van der Waals surface area contributed by atoms with Gasteiger partial charge in [0.15, 0.2) is 0 Å². The van der Waals surface area contributed by atoms with Gasteiger partial charge in [0.1, 0.15) is 0 Å². The normalized spacial score (nSPS) is 21.9. The molecule has 1 aromatic rings. The molecular formula is C14H19NOS. The van der Waals surface area contributed by atoms with Gasteiger partial charge in [-0.25, -0.2) is 0 Å². The van der Waals surface area contributed by atoms with E-state index in [1.807, 2.05) is 29.8 Å². The molecule has 1 saturated heterocycles. The lowest BCUT2D eigenvalue weighted by Crippen LogP contribution is -2.24. The Morgan fingerprint density at radius 2 is 2.12 bits per heavy atom. The molecule has 1 heterocycles. The van der Waals surface area contributed by atoms with Crippen molar-refractivity contribution in [1.82, 2.24) is 4.90 Å². The van der Waals surface area contributed by atoms with Crippen LogP contribution in [0.25, 0.3) is 0 Å². The maximum Gasteiger partial charge on any atom is 0.235 e. The van der Waals surface area contributed by atoms with E-state index in [2.05, 4.69) is 31.2 Å². The summed E-state index contributed by atoms with van der Waals surface area (Å²) in [6.07, 6.45) is 2.06. The van der Waals surface area contributed by atoms with Gasteiger partial charge in [-0.2, -0.15) is 0 Å². The zero-order chi connectivity index (χ0) is 12.3. The highest BCUT2D eigenvalue weighted by Gasteiger charge is 2.31. The monoisotopic (exact) mass is 249 g/mol. The van der Waals surface area contributed by atoms with Crippen LogP contribution < -0.4 is 0 Å². The number of likely N-dealkylation sites (tertiary alicyclic amines) is 1. The molecule has 2 nitrogen and oxygen atoms in total. The highest BCUT2D eigenvalue weighted by molar-refractivity contribution is 8.00. The van der Waals surface area contributed by atoms with Gasteiger partial charge < -0.3 is 4.90 Å². The van der Waals surface area contributed by atoms with Crippen LogP contribution in [0.15, 0.2) is 30.3 Å². The molecule has 0 spiro atoms. The van der Waals surface area contributed by atoms with Gasteiger partial charge in [-0.15, -0.1) is 11.8 Å². The summed E-state index contributed by atoms with van der Waals surface area (Å²) in [7, 11) is 1.90. The highest BCUT2D eigenvalue weighted by atomic mass is 32.2. The van der Waals surface area contributed by atoms with Crippen LogP contribution in [0.5, 0.6) is 0 Å². The molecule has 1 aliphatic heterocycles. The van der Waals surface area contributed by atoms with E-state index in [4.69, 9.17) is 0 Å². The van der Waals surface area contributed by atoms with E-state index in [9.17, 15) is 4.79 Å². The van der Waals surface area contributed by atoms with Gasteiger partial charge in [-0.1, -0.05) is 37.3 Å². The van der Waals surface area contributed by atoms with Gasteiger partial charge in [-0.05, 0) is 18.4 Å². The summed E-state index contributed by atoms with van der Waals surface area (Å²) in [6.45, 7) is 3.09. The minimum Gasteiger partial charge on any atom is -0.345 e. The zero-order valence-corrected chi connectivity index (χ0v) is 11.2. The number of hydrogen-bond donors (Lipinski definition) is 0. The molecule has 92 valence electrons. The highest BCUT2D eigenvalue weighted by Crippen LogP contribution is 2.38. The standard InChI is InChI=1S/C14H19NOS/c1-3-12(11-7-5-4-6-8-11)17-13-9-10-15(2)14(13)16/h4-8,12-13H,3,9-10H2,1-2H3/t12-,13+/m0/s1. The number of rotatable bonds is 4. The first-order valence-corrected chi connectivity index (χ1v) is 7.12. The first-order valence-electron chi connectivity index (χ1n) is 6.17. The van der Waals surface area contributed by atoms with E-state index in [1.165, 1.54) is 5.56 Å². The van der Waals surface area contributed by atoms with Crippen molar-refractivity contribution >= 4 is 17.7 Å². The van der Waals surface area contributed by atoms with Gasteiger partial charge in [0.2, 0.25) is 5.91 Å². The Bertz CT molecular complexity index is 379. The van der Waals surface area contributed by atoms with Crippen LogP contribution in [0.1, 0.15) is 30.6 Å². The number of carbonyl (C=O) groups excluding carboxylic acids is 1. The number of amides is 1. The van der Waals surface area contributed by atoms with Crippen molar-refractivity contribution in [2.24, 2.45) is 0 Å². The molecule has 3 heteroatoms. The molecule has 0 saturated carbocycles. The second-order valence-corrected chi connectivity index (χ2v) is 5.89. The minimum absolute atomic E-state index is 0.158. The molecule has 1 amide bonds. The van der Waals surface area contributed by atoms with Gasteiger partial charge in [-0.3, -0.25) is 4.79 Å². The van der Waals surface area contributed by atoms with E-state index in [-0.39, 0.29) is 5.25 Å². The van der Waals surface area contributed by atoms with Crippen molar-refractivity contribution in [3.05, 3.63) is 35.9 Å². The Kier molecular flexibility index (Phi) is 4.11. The molecular weight excluding hydrogens is 230 g/mol. The topological polar surface area (TPSA) is 20.3 Å². The molecule has 2 rings (SSSR count). The Balaban J connectivity index is 2.04. The quantitative estimate of drug-likeness (QED) is 0.817. The predicted octanol–water partition coefficient (Wildman–Crippen LogP) is 3.10. The number of nitrogens with zero attached hydrogens (tertiary/aromatic N) is 1. The summed E-state index contributed by atoms with van der Waals surface area (Å²) in [5, 5.41) is 0.599.